The molecule has 3 aromatic rings. The lowest BCUT2D eigenvalue weighted by molar-refractivity contribution is -0.129. The average Bonchev–Trinajstić information content (AvgIpc) is 3.34. The monoisotopic (exact) mass is 435 g/mol. The van der Waals surface area contributed by atoms with Crippen LogP contribution in [-0.4, -0.2) is 50.1 Å². The number of aromatic nitrogens is 3. The maximum atomic E-state index is 12.5. The molecule has 4 heterocycles. The fourth-order valence-corrected chi connectivity index (χ4v) is 4.48. The Hall–Kier alpha value is -3.10. The fourth-order valence-electron chi connectivity index (χ4n) is 3.51. The molecule has 2 N–H and O–H groups in total. The smallest absolute Gasteiger partial charge is 0.227 e. The van der Waals surface area contributed by atoms with E-state index >= 15 is 0 Å². The van der Waals surface area contributed by atoms with Crippen molar-refractivity contribution in [1.29, 1.82) is 0 Å². The quantitative estimate of drug-likeness (QED) is 0.614. The highest BCUT2D eigenvalue weighted by Gasteiger charge is 2.24. The third-order valence-corrected chi connectivity index (χ3v) is 6.27. The van der Waals surface area contributed by atoms with E-state index in [0.29, 0.717) is 31.7 Å². The Bertz CT molecular complexity index is 1100. The van der Waals surface area contributed by atoms with Crippen molar-refractivity contribution in [2.75, 3.05) is 18.4 Å². The fraction of sp³-hybridized carbons (Fsp3) is 0.304. The topological polar surface area (TPSA) is 91.2 Å². The van der Waals surface area contributed by atoms with E-state index in [4.69, 9.17) is 0 Å². The predicted octanol–water partition coefficient (Wildman–Crippen LogP) is 3.68. The Balaban J connectivity index is 1.45. The first-order valence-electron chi connectivity index (χ1n) is 10.2. The number of thiazole rings is 1. The minimum absolute atomic E-state index is 0.0257. The molecule has 31 heavy (non-hydrogen) atoms. The molecule has 1 unspecified atom stereocenters. The molecular formula is C23H25N5O2S. The number of nitrogens with one attached hydrogen (secondary N) is 1. The minimum Gasteiger partial charge on any atom is -0.391 e. The van der Waals surface area contributed by atoms with Gasteiger partial charge in [-0.25, -0.2) is 9.97 Å². The first-order valence-corrected chi connectivity index (χ1v) is 11.0. The second-order valence-electron chi connectivity index (χ2n) is 7.67. The third-order valence-electron chi connectivity index (χ3n) is 5.25. The normalized spacial score (nSPS) is 16.5. The number of pyridine rings is 2. The molecule has 0 spiro atoms. The SMILES string of the molecule is C/C(=C\c1sc(Nc2cc(CC(=O)N3CCC(O)C3)ccn2)nc1C)c1ccncc1. The Labute approximate surface area is 185 Å². The van der Waals surface area contributed by atoms with Crippen LogP contribution in [-0.2, 0) is 11.2 Å². The Morgan fingerprint density at radius 2 is 2.13 bits per heavy atom. The lowest BCUT2D eigenvalue weighted by Gasteiger charge is -2.15. The van der Waals surface area contributed by atoms with Gasteiger partial charge in [0.15, 0.2) is 5.13 Å². The summed E-state index contributed by atoms with van der Waals surface area (Å²) in [5.41, 5.74) is 4.10. The molecule has 160 valence electrons. The standard InChI is InChI=1S/C23H25N5O2S/c1-15(18-4-7-24-8-5-18)11-20-16(2)26-23(31-20)27-21-12-17(3-9-25-21)13-22(30)28-10-6-19(29)14-28/h3-5,7-9,11-12,19,29H,6,10,13-14H2,1-2H3,(H,25,26,27)/b15-11+. The molecule has 7 nitrogen and oxygen atoms in total. The maximum absolute atomic E-state index is 12.5. The van der Waals surface area contributed by atoms with Crippen molar-refractivity contribution >= 4 is 39.8 Å². The van der Waals surface area contributed by atoms with Crippen LogP contribution in [0.1, 0.15) is 35.0 Å². The van der Waals surface area contributed by atoms with Gasteiger partial charge in [-0.15, -0.1) is 0 Å². The number of hydrogen-bond acceptors (Lipinski definition) is 7. The summed E-state index contributed by atoms with van der Waals surface area (Å²) in [6, 6.07) is 7.69. The lowest BCUT2D eigenvalue weighted by Crippen LogP contribution is -2.30. The van der Waals surface area contributed by atoms with Gasteiger partial charge in [-0.3, -0.25) is 9.78 Å². The highest BCUT2D eigenvalue weighted by molar-refractivity contribution is 7.16. The largest absolute Gasteiger partial charge is 0.391 e. The van der Waals surface area contributed by atoms with Crippen molar-refractivity contribution in [3.05, 3.63) is 64.6 Å². The van der Waals surface area contributed by atoms with Crippen LogP contribution in [0.25, 0.3) is 11.6 Å². The van der Waals surface area contributed by atoms with Gasteiger partial charge in [0.2, 0.25) is 5.91 Å². The summed E-state index contributed by atoms with van der Waals surface area (Å²) in [5, 5.41) is 13.7. The third kappa shape index (κ3) is 5.34. The molecule has 1 amide bonds. The zero-order chi connectivity index (χ0) is 21.8. The van der Waals surface area contributed by atoms with Gasteiger partial charge < -0.3 is 15.3 Å². The number of allylic oxidation sites excluding steroid dienone is 1. The van der Waals surface area contributed by atoms with Crippen LogP contribution in [0.3, 0.4) is 0 Å². The van der Waals surface area contributed by atoms with Crippen LogP contribution in [0, 0.1) is 6.92 Å². The number of nitrogens with zero attached hydrogens (tertiary/aromatic N) is 4. The summed E-state index contributed by atoms with van der Waals surface area (Å²) >= 11 is 1.56. The number of rotatable bonds is 6. The molecule has 3 aromatic heterocycles. The van der Waals surface area contributed by atoms with E-state index in [1.807, 2.05) is 31.2 Å². The molecule has 0 bridgehead atoms. The molecule has 0 aliphatic carbocycles. The number of amides is 1. The van der Waals surface area contributed by atoms with Crippen molar-refractivity contribution in [3.63, 3.8) is 0 Å². The van der Waals surface area contributed by atoms with E-state index < -0.39 is 6.10 Å². The summed E-state index contributed by atoms with van der Waals surface area (Å²) in [6.45, 7) is 5.09. The molecule has 1 aliphatic rings. The van der Waals surface area contributed by atoms with Gasteiger partial charge in [0.05, 0.1) is 23.1 Å². The molecule has 0 aromatic carbocycles. The summed E-state index contributed by atoms with van der Waals surface area (Å²) < 4.78 is 0. The summed E-state index contributed by atoms with van der Waals surface area (Å²) in [6.07, 6.45) is 7.93. The number of β-amino-alcohol motifs (C(OH)–C–C–N with tert-alkyl or cyclic N) is 1. The van der Waals surface area contributed by atoms with E-state index in [9.17, 15) is 9.90 Å². The van der Waals surface area contributed by atoms with E-state index in [2.05, 4.69) is 33.3 Å². The Morgan fingerprint density at radius 3 is 2.87 bits per heavy atom. The van der Waals surface area contributed by atoms with Crippen LogP contribution in [0.2, 0.25) is 0 Å². The van der Waals surface area contributed by atoms with E-state index in [-0.39, 0.29) is 5.91 Å². The Kier molecular flexibility index (Phi) is 6.39. The van der Waals surface area contributed by atoms with Crippen molar-refractivity contribution in [1.82, 2.24) is 19.9 Å². The second kappa shape index (κ2) is 9.36. The molecular weight excluding hydrogens is 410 g/mol. The molecule has 1 fully saturated rings. The van der Waals surface area contributed by atoms with Gasteiger partial charge in [0, 0.05) is 31.7 Å². The van der Waals surface area contributed by atoms with Crippen molar-refractivity contribution in [3.8, 4) is 0 Å². The van der Waals surface area contributed by atoms with Crippen LogP contribution < -0.4 is 5.32 Å². The number of aliphatic hydroxyl groups excluding tert-OH is 1. The van der Waals surface area contributed by atoms with Crippen LogP contribution >= 0.6 is 11.3 Å². The number of carbonyl (C=O) groups excluding carboxylic acids is 1. The van der Waals surface area contributed by atoms with Gasteiger partial charge in [-0.1, -0.05) is 11.3 Å². The average molecular weight is 436 g/mol. The van der Waals surface area contributed by atoms with Crippen LogP contribution in [0.5, 0.6) is 0 Å². The van der Waals surface area contributed by atoms with E-state index in [0.717, 1.165) is 32.4 Å². The molecule has 8 heteroatoms. The van der Waals surface area contributed by atoms with Crippen molar-refractivity contribution in [2.45, 2.75) is 32.8 Å². The lowest BCUT2D eigenvalue weighted by atomic mass is 10.1. The number of hydrogen-bond donors (Lipinski definition) is 2. The number of likely N-dealkylation sites (tertiary alicyclic amines) is 1. The molecule has 1 aliphatic heterocycles. The first kappa shape index (κ1) is 21.1. The second-order valence-corrected chi connectivity index (χ2v) is 8.70. The van der Waals surface area contributed by atoms with Gasteiger partial charge in [0.25, 0.3) is 0 Å². The number of carbonyl (C=O) groups is 1. The van der Waals surface area contributed by atoms with Gasteiger partial charge in [0.1, 0.15) is 5.82 Å². The highest BCUT2D eigenvalue weighted by atomic mass is 32.1. The van der Waals surface area contributed by atoms with Crippen LogP contribution in [0.4, 0.5) is 10.9 Å². The van der Waals surface area contributed by atoms with E-state index in [1.165, 1.54) is 0 Å². The highest BCUT2D eigenvalue weighted by Crippen LogP contribution is 2.29. The first-order chi connectivity index (χ1) is 15.0. The van der Waals surface area contributed by atoms with Gasteiger partial charge in [-0.05, 0) is 67.3 Å². The maximum Gasteiger partial charge on any atom is 0.227 e. The Morgan fingerprint density at radius 1 is 1.32 bits per heavy atom. The zero-order valence-corrected chi connectivity index (χ0v) is 18.4. The molecule has 1 saturated heterocycles. The van der Waals surface area contributed by atoms with Crippen molar-refractivity contribution < 1.29 is 9.90 Å². The minimum atomic E-state index is -0.405. The molecule has 4 rings (SSSR count). The van der Waals surface area contributed by atoms with E-state index in [1.54, 1.807) is 34.8 Å². The van der Waals surface area contributed by atoms with Crippen molar-refractivity contribution in [2.24, 2.45) is 0 Å². The van der Waals surface area contributed by atoms with Gasteiger partial charge >= 0.3 is 0 Å². The molecule has 0 saturated carbocycles. The number of anilines is 2. The van der Waals surface area contributed by atoms with Gasteiger partial charge in [-0.2, -0.15) is 0 Å². The molecule has 0 radical (unpaired) electrons. The zero-order valence-electron chi connectivity index (χ0n) is 17.6. The molecule has 1 atom stereocenters. The summed E-state index contributed by atoms with van der Waals surface area (Å²) in [5.74, 6) is 0.680. The number of aliphatic hydroxyl groups is 1. The number of aryl methyl sites for hydroxylation is 1. The predicted molar refractivity (Wildman–Crippen MR) is 123 cm³/mol. The summed E-state index contributed by atoms with van der Waals surface area (Å²) in [7, 11) is 0. The summed E-state index contributed by atoms with van der Waals surface area (Å²) in [4.78, 5) is 28.3. The van der Waals surface area contributed by atoms with Crippen LogP contribution in [0.15, 0.2) is 42.9 Å².